The topological polar surface area (TPSA) is 21.3 Å². The lowest BCUT2D eigenvalue weighted by Crippen LogP contribution is -2.19. The van der Waals surface area contributed by atoms with Gasteiger partial charge in [0.25, 0.3) is 0 Å². The molecule has 0 spiro atoms. The van der Waals surface area contributed by atoms with E-state index in [4.69, 9.17) is 16.3 Å². The van der Waals surface area contributed by atoms with E-state index in [0.717, 1.165) is 41.3 Å². The van der Waals surface area contributed by atoms with Crippen molar-refractivity contribution in [3.8, 4) is 5.75 Å². The molecule has 0 fully saturated rings. The van der Waals surface area contributed by atoms with Gasteiger partial charge in [-0.15, -0.1) is 0 Å². The highest BCUT2D eigenvalue weighted by Crippen LogP contribution is 2.33. The lowest BCUT2D eigenvalue weighted by Gasteiger charge is -2.23. The minimum absolute atomic E-state index is 0.102. The molecule has 0 radical (unpaired) electrons. The summed E-state index contributed by atoms with van der Waals surface area (Å²) in [7, 11) is 1.97. The molecule has 1 aliphatic rings. The lowest BCUT2D eigenvalue weighted by atomic mass is 9.94. The fourth-order valence-corrected chi connectivity index (χ4v) is 3.19. The Morgan fingerprint density at radius 3 is 2.90 bits per heavy atom. The van der Waals surface area contributed by atoms with Crippen LogP contribution in [0.1, 0.15) is 34.7 Å². The second-order valence-corrected chi connectivity index (χ2v) is 5.90. The average Bonchev–Trinajstić information content (AvgIpc) is 2.52. The Labute approximate surface area is 131 Å². The van der Waals surface area contributed by atoms with Crippen LogP contribution in [0.25, 0.3) is 0 Å². The summed E-state index contributed by atoms with van der Waals surface area (Å²) in [5, 5.41) is 4.22. The molecule has 1 N–H and O–H groups in total. The van der Waals surface area contributed by atoms with Gasteiger partial charge >= 0.3 is 0 Å². The summed E-state index contributed by atoms with van der Waals surface area (Å²) in [6.45, 7) is 2.87. The van der Waals surface area contributed by atoms with Crippen molar-refractivity contribution in [1.82, 2.24) is 5.32 Å². The zero-order valence-corrected chi connectivity index (χ0v) is 13.2. The van der Waals surface area contributed by atoms with Crippen LogP contribution in [-0.2, 0) is 6.42 Å². The molecule has 2 aromatic rings. The maximum atomic E-state index is 6.50. The van der Waals surface area contributed by atoms with Crippen molar-refractivity contribution < 1.29 is 4.74 Å². The van der Waals surface area contributed by atoms with E-state index in [-0.39, 0.29) is 6.04 Å². The highest BCUT2D eigenvalue weighted by atomic mass is 35.5. The Balaban J connectivity index is 2.02. The second-order valence-electron chi connectivity index (χ2n) is 5.52. The van der Waals surface area contributed by atoms with Gasteiger partial charge in [-0.25, -0.2) is 0 Å². The molecule has 0 saturated heterocycles. The second kappa shape index (κ2) is 6.08. The van der Waals surface area contributed by atoms with Crippen LogP contribution in [0.5, 0.6) is 5.75 Å². The molecule has 21 heavy (non-hydrogen) atoms. The first kappa shape index (κ1) is 14.4. The van der Waals surface area contributed by atoms with Crippen molar-refractivity contribution in [3.05, 3.63) is 63.7 Å². The summed E-state index contributed by atoms with van der Waals surface area (Å²) in [5.74, 6) is 1.02. The Hall–Kier alpha value is -1.51. The summed E-state index contributed by atoms with van der Waals surface area (Å²) in [4.78, 5) is 0. The fourth-order valence-electron chi connectivity index (χ4n) is 2.95. The van der Waals surface area contributed by atoms with Gasteiger partial charge < -0.3 is 10.1 Å². The minimum atomic E-state index is 0.102. The Bertz CT molecular complexity index is 654. The molecule has 1 unspecified atom stereocenters. The van der Waals surface area contributed by atoms with Gasteiger partial charge in [0.2, 0.25) is 0 Å². The maximum absolute atomic E-state index is 6.50. The van der Waals surface area contributed by atoms with E-state index in [0.29, 0.717) is 0 Å². The van der Waals surface area contributed by atoms with Crippen LogP contribution in [0.15, 0.2) is 36.4 Å². The zero-order chi connectivity index (χ0) is 14.8. The number of benzene rings is 2. The molecule has 0 amide bonds. The molecular formula is C18H20ClNO. The predicted molar refractivity (Wildman–Crippen MR) is 87.3 cm³/mol. The first-order valence-electron chi connectivity index (χ1n) is 7.38. The third kappa shape index (κ3) is 2.78. The van der Waals surface area contributed by atoms with Crippen LogP contribution in [0.3, 0.4) is 0 Å². The number of rotatable bonds is 3. The van der Waals surface area contributed by atoms with E-state index in [1.807, 2.05) is 20.0 Å². The van der Waals surface area contributed by atoms with E-state index in [1.165, 1.54) is 11.1 Å². The maximum Gasteiger partial charge on any atom is 0.122 e. The summed E-state index contributed by atoms with van der Waals surface area (Å²) >= 11 is 6.50. The van der Waals surface area contributed by atoms with Gasteiger partial charge in [-0.05, 0) is 55.1 Å². The minimum Gasteiger partial charge on any atom is -0.493 e. The van der Waals surface area contributed by atoms with Gasteiger partial charge in [-0.1, -0.05) is 41.9 Å². The van der Waals surface area contributed by atoms with Crippen molar-refractivity contribution in [1.29, 1.82) is 0 Å². The molecule has 110 valence electrons. The smallest absolute Gasteiger partial charge is 0.122 e. The van der Waals surface area contributed by atoms with Crippen molar-refractivity contribution in [2.24, 2.45) is 0 Å². The van der Waals surface area contributed by atoms with Crippen molar-refractivity contribution in [3.63, 3.8) is 0 Å². The van der Waals surface area contributed by atoms with Crippen LogP contribution in [0.2, 0.25) is 5.02 Å². The summed E-state index contributed by atoms with van der Waals surface area (Å²) in [5.41, 5.74) is 4.75. The quantitative estimate of drug-likeness (QED) is 0.913. The van der Waals surface area contributed by atoms with Crippen molar-refractivity contribution in [2.45, 2.75) is 25.8 Å². The molecule has 1 aliphatic heterocycles. The molecule has 0 aliphatic carbocycles. The Kier molecular flexibility index (Phi) is 4.18. The van der Waals surface area contributed by atoms with Gasteiger partial charge in [-0.3, -0.25) is 0 Å². The standard InChI is InChI=1S/C18H20ClNO/c1-12-5-3-7-15(17(12)19)18(20-2)14-8-9-16-13(11-14)6-4-10-21-16/h3,5,7-9,11,18,20H,4,6,10H2,1-2H3. The SMILES string of the molecule is CNC(c1ccc2c(c1)CCCO2)c1cccc(C)c1Cl. The number of hydrogen-bond acceptors (Lipinski definition) is 2. The third-order valence-corrected chi connectivity index (χ3v) is 4.60. The van der Waals surface area contributed by atoms with Crippen LogP contribution in [0, 0.1) is 6.92 Å². The van der Waals surface area contributed by atoms with Crippen LogP contribution >= 0.6 is 11.6 Å². The average molecular weight is 302 g/mol. The number of aryl methyl sites for hydroxylation is 2. The van der Waals surface area contributed by atoms with Crippen molar-refractivity contribution in [2.75, 3.05) is 13.7 Å². The van der Waals surface area contributed by atoms with Gasteiger partial charge in [0.05, 0.1) is 12.6 Å². The highest BCUT2D eigenvalue weighted by molar-refractivity contribution is 6.32. The molecule has 2 aromatic carbocycles. The predicted octanol–water partition coefficient (Wildman–Crippen LogP) is 4.28. The van der Waals surface area contributed by atoms with Crippen LogP contribution in [0.4, 0.5) is 0 Å². The normalized spacial score (nSPS) is 15.2. The van der Waals surface area contributed by atoms with E-state index >= 15 is 0 Å². The Morgan fingerprint density at radius 1 is 1.24 bits per heavy atom. The molecule has 1 heterocycles. The summed E-state index contributed by atoms with van der Waals surface area (Å²) < 4.78 is 5.69. The van der Waals surface area contributed by atoms with Gasteiger partial charge in [0.1, 0.15) is 5.75 Å². The van der Waals surface area contributed by atoms with Gasteiger partial charge in [0.15, 0.2) is 0 Å². The summed E-state index contributed by atoms with van der Waals surface area (Å²) in [6, 6.07) is 12.7. The first-order chi connectivity index (χ1) is 10.2. The molecule has 0 bridgehead atoms. The largest absolute Gasteiger partial charge is 0.493 e. The molecule has 3 rings (SSSR count). The molecule has 0 saturated carbocycles. The molecule has 1 atom stereocenters. The lowest BCUT2D eigenvalue weighted by molar-refractivity contribution is 0.288. The van der Waals surface area contributed by atoms with Gasteiger partial charge in [-0.2, -0.15) is 0 Å². The summed E-state index contributed by atoms with van der Waals surface area (Å²) in [6.07, 6.45) is 2.17. The molecule has 2 nitrogen and oxygen atoms in total. The number of hydrogen-bond donors (Lipinski definition) is 1. The molecule has 0 aromatic heterocycles. The number of ether oxygens (including phenoxy) is 1. The van der Waals surface area contributed by atoms with Gasteiger partial charge in [0, 0.05) is 5.02 Å². The monoisotopic (exact) mass is 301 g/mol. The Morgan fingerprint density at radius 2 is 2.10 bits per heavy atom. The zero-order valence-electron chi connectivity index (χ0n) is 12.4. The number of halogens is 1. The van der Waals surface area contributed by atoms with Crippen LogP contribution in [-0.4, -0.2) is 13.7 Å². The van der Waals surface area contributed by atoms with Crippen LogP contribution < -0.4 is 10.1 Å². The molecular weight excluding hydrogens is 282 g/mol. The van der Waals surface area contributed by atoms with E-state index in [2.05, 4.69) is 35.6 Å². The number of nitrogens with one attached hydrogen (secondary N) is 1. The first-order valence-corrected chi connectivity index (χ1v) is 7.76. The van der Waals surface area contributed by atoms with E-state index in [1.54, 1.807) is 0 Å². The van der Waals surface area contributed by atoms with E-state index < -0.39 is 0 Å². The third-order valence-electron chi connectivity index (χ3n) is 4.09. The number of fused-ring (bicyclic) bond motifs is 1. The fraction of sp³-hybridized carbons (Fsp3) is 0.333. The molecule has 3 heteroatoms. The van der Waals surface area contributed by atoms with Crippen molar-refractivity contribution >= 4 is 11.6 Å². The van der Waals surface area contributed by atoms with E-state index in [9.17, 15) is 0 Å². The highest BCUT2D eigenvalue weighted by Gasteiger charge is 2.18.